The number of nitrogens with one attached hydrogen (secondary N) is 1. The standard InChI is InChI=1S/C29H29N3O6.K/c1-18-12-25(37-17-26(33)30-23-8-9-23)13-19(2)27(18)22-5-3-4-21(14-22)16-36-24-10-6-20(7-11-24)15-32-28(34)31-29(35)38-32;/h3-7,10-14,23H,8-9,15-17H2,1-2H3,(H2,30,31,33,34,35);/q;+1/p-1. The van der Waals surface area contributed by atoms with Gasteiger partial charge in [0.25, 0.3) is 5.91 Å². The van der Waals surface area contributed by atoms with E-state index in [2.05, 4.69) is 22.4 Å². The molecule has 39 heavy (non-hydrogen) atoms. The number of aromatic nitrogens is 2. The summed E-state index contributed by atoms with van der Waals surface area (Å²) in [6, 6.07) is 19.6. The van der Waals surface area contributed by atoms with Crippen molar-refractivity contribution in [2.45, 2.75) is 45.9 Å². The van der Waals surface area contributed by atoms with Gasteiger partial charge >= 0.3 is 57.1 Å². The SMILES string of the molecule is Cc1cc(OCC(=O)NC2CC2)cc(C)c1-c1cccc(COc2ccc(Cn3oc(=O)[n-]c3=O)cc2)c1.[K+]. The largest absolute Gasteiger partial charge is 1.00 e. The minimum atomic E-state index is -0.903. The maximum atomic E-state index is 12.0. The minimum Gasteiger partial charge on any atom is -0.489 e. The van der Waals surface area contributed by atoms with Crippen LogP contribution in [0.2, 0.25) is 0 Å². The Morgan fingerprint density at radius 3 is 2.33 bits per heavy atom. The van der Waals surface area contributed by atoms with Crippen molar-refractivity contribution in [1.29, 1.82) is 0 Å². The molecule has 1 saturated carbocycles. The van der Waals surface area contributed by atoms with Crippen LogP contribution in [0.3, 0.4) is 0 Å². The summed E-state index contributed by atoms with van der Waals surface area (Å²) >= 11 is 0. The Kier molecular flexibility index (Phi) is 9.68. The second-order valence-electron chi connectivity index (χ2n) is 9.48. The third kappa shape index (κ3) is 7.83. The molecule has 1 aliphatic carbocycles. The van der Waals surface area contributed by atoms with Gasteiger partial charge in [0.15, 0.2) is 12.3 Å². The third-order valence-corrected chi connectivity index (χ3v) is 6.28. The summed E-state index contributed by atoms with van der Waals surface area (Å²) in [4.78, 5) is 37.8. The zero-order valence-corrected chi connectivity index (χ0v) is 25.4. The molecule has 0 bridgehead atoms. The van der Waals surface area contributed by atoms with Crippen molar-refractivity contribution in [1.82, 2.24) is 15.0 Å². The van der Waals surface area contributed by atoms with Crippen molar-refractivity contribution >= 4 is 5.91 Å². The van der Waals surface area contributed by atoms with Crippen LogP contribution in [-0.4, -0.2) is 23.3 Å². The maximum absolute atomic E-state index is 12.0. The predicted molar refractivity (Wildman–Crippen MR) is 140 cm³/mol. The van der Waals surface area contributed by atoms with E-state index in [-0.39, 0.29) is 70.4 Å². The van der Waals surface area contributed by atoms with Crippen LogP contribution in [0.25, 0.3) is 11.1 Å². The van der Waals surface area contributed by atoms with E-state index in [1.54, 1.807) is 24.3 Å². The third-order valence-electron chi connectivity index (χ3n) is 6.28. The number of carbonyl (C=O) groups is 1. The van der Waals surface area contributed by atoms with Gasteiger partial charge in [-0.25, -0.2) is 4.79 Å². The second-order valence-corrected chi connectivity index (χ2v) is 9.48. The molecular weight excluding hydrogens is 525 g/mol. The van der Waals surface area contributed by atoms with Crippen LogP contribution in [0.1, 0.15) is 35.1 Å². The van der Waals surface area contributed by atoms with Gasteiger partial charge in [-0.1, -0.05) is 30.3 Å². The molecular formula is C29H28KN3O6. The van der Waals surface area contributed by atoms with E-state index < -0.39 is 11.4 Å². The van der Waals surface area contributed by atoms with E-state index in [1.807, 2.05) is 38.1 Å². The fraction of sp³-hybridized carbons (Fsp3) is 0.276. The van der Waals surface area contributed by atoms with Crippen molar-refractivity contribution in [2.24, 2.45) is 0 Å². The van der Waals surface area contributed by atoms with E-state index in [4.69, 9.17) is 14.0 Å². The Labute approximate surface area is 267 Å². The van der Waals surface area contributed by atoms with Gasteiger partial charge in [-0.2, -0.15) is 0 Å². The average molecular weight is 554 g/mol. The summed E-state index contributed by atoms with van der Waals surface area (Å²) in [5.74, 6) is 0.366. The summed E-state index contributed by atoms with van der Waals surface area (Å²) in [5.41, 5.74) is 5.40. The van der Waals surface area contributed by atoms with Gasteiger partial charge in [-0.3, -0.25) is 14.3 Å². The molecule has 9 nitrogen and oxygen atoms in total. The molecule has 0 radical (unpaired) electrons. The van der Waals surface area contributed by atoms with Crippen LogP contribution in [0.4, 0.5) is 0 Å². The first-order valence-electron chi connectivity index (χ1n) is 12.4. The molecule has 1 aliphatic rings. The molecule has 1 aromatic heterocycles. The van der Waals surface area contributed by atoms with E-state index >= 15 is 0 Å². The number of nitrogens with zero attached hydrogens (tertiary/aromatic N) is 2. The summed E-state index contributed by atoms with van der Waals surface area (Å²) in [5, 5.41) is 2.93. The molecule has 1 N–H and O–H groups in total. The molecule has 1 amide bonds. The number of ether oxygens (including phenoxy) is 2. The number of aryl methyl sites for hydroxylation is 2. The van der Waals surface area contributed by atoms with Gasteiger partial charge in [0.1, 0.15) is 18.1 Å². The van der Waals surface area contributed by atoms with E-state index in [1.165, 1.54) is 0 Å². The van der Waals surface area contributed by atoms with E-state index in [0.29, 0.717) is 24.1 Å². The number of hydrogen-bond acceptors (Lipinski definition) is 6. The molecule has 1 fully saturated rings. The topological polar surface area (TPSA) is 114 Å². The first-order chi connectivity index (χ1) is 18.3. The van der Waals surface area contributed by atoms with Crippen LogP contribution in [0.5, 0.6) is 11.5 Å². The van der Waals surface area contributed by atoms with Crippen molar-refractivity contribution in [3.8, 4) is 22.6 Å². The number of rotatable bonds is 10. The Hall–Kier alpha value is -2.89. The molecule has 0 aliphatic heterocycles. The van der Waals surface area contributed by atoms with Crippen LogP contribution >= 0.6 is 0 Å². The molecule has 196 valence electrons. The minimum absolute atomic E-state index is 0. The number of benzene rings is 3. The smallest absolute Gasteiger partial charge is 0.489 e. The molecule has 0 atom stereocenters. The molecule has 3 aromatic carbocycles. The van der Waals surface area contributed by atoms with Crippen LogP contribution in [-0.2, 0) is 17.9 Å². The monoisotopic (exact) mass is 553 g/mol. The van der Waals surface area contributed by atoms with Gasteiger partial charge in [0, 0.05) is 12.6 Å². The van der Waals surface area contributed by atoms with Gasteiger partial charge in [-0.05, 0) is 90.4 Å². The molecule has 5 rings (SSSR count). The Morgan fingerprint density at radius 2 is 1.69 bits per heavy atom. The average Bonchev–Trinajstić information content (AvgIpc) is 3.64. The normalized spacial score (nSPS) is 12.5. The fourth-order valence-electron chi connectivity index (χ4n) is 4.34. The Morgan fingerprint density at radius 1 is 0.974 bits per heavy atom. The Bertz CT molecular complexity index is 1540. The zero-order valence-electron chi connectivity index (χ0n) is 22.2. The number of carbonyl (C=O) groups excluding carboxylic acids is 1. The number of hydrogen-bond donors (Lipinski definition) is 1. The van der Waals surface area contributed by atoms with Crippen molar-refractivity contribution in [2.75, 3.05) is 6.61 Å². The van der Waals surface area contributed by atoms with E-state index in [9.17, 15) is 14.4 Å². The Balaban J connectivity index is 0.00000353. The molecule has 0 saturated heterocycles. The predicted octanol–water partition coefficient (Wildman–Crippen LogP) is 0.331. The summed E-state index contributed by atoms with van der Waals surface area (Å²) in [6.07, 6.45) is 2.10. The summed E-state index contributed by atoms with van der Waals surface area (Å²) < 4.78 is 17.4. The van der Waals surface area contributed by atoms with Crippen molar-refractivity contribution < 1.29 is 70.2 Å². The molecule has 4 aromatic rings. The molecule has 0 spiro atoms. The second kappa shape index (κ2) is 13.0. The van der Waals surface area contributed by atoms with Gasteiger partial charge in [-0.15, -0.1) is 0 Å². The van der Waals surface area contributed by atoms with Crippen molar-refractivity contribution in [3.05, 3.63) is 104 Å². The van der Waals surface area contributed by atoms with Crippen LogP contribution in [0.15, 0.2) is 74.8 Å². The first-order valence-corrected chi connectivity index (χ1v) is 12.4. The van der Waals surface area contributed by atoms with Crippen LogP contribution in [0, 0.1) is 13.8 Å². The van der Waals surface area contributed by atoms with E-state index in [0.717, 1.165) is 51.0 Å². The quantitative estimate of drug-likeness (QED) is 0.282. The van der Waals surface area contributed by atoms with Gasteiger partial charge < -0.3 is 24.3 Å². The summed E-state index contributed by atoms with van der Waals surface area (Å²) in [7, 11) is 0. The summed E-state index contributed by atoms with van der Waals surface area (Å²) in [6.45, 7) is 4.59. The zero-order chi connectivity index (χ0) is 26.6. The van der Waals surface area contributed by atoms with Gasteiger partial charge in [0.05, 0.1) is 0 Å². The molecule has 10 heteroatoms. The van der Waals surface area contributed by atoms with Gasteiger partial charge in [0.2, 0.25) is 0 Å². The molecule has 1 heterocycles. The van der Waals surface area contributed by atoms with Crippen molar-refractivity contribution in [3.63, 3.8) is 0 Å². The first kappa shape index (κ1) is 29.1. The molecule has 0 unspecified atom stereocenters. The fourth-order valence-corrected chi connectivity index (χ4v) is 4.34. The number of amides is 1. The van der Waals surface area contributed by atoms with Crippen LogP contribution < -0.4 is 82.6 Å². The maximum Gasteiger partial charge on any atom is 1.00 e.